The highest BCUT2D eigenvalue weighted by Gasteiger charge is 2.08. The molecule has 0 fully saturated rings. The molecule has 0 aliphatic carbocycles. The highest BCUT2D eigenvalue weighted by molar-refractivity contribution is 6.28. The van der Waals surface area contributed by atoms with Gasteiger partial charge in [-0.25, -0.2) is 0 Å². The number of unbranched alkanes of at least 4 members (excludes halogenated alkanes) is 3. The molecule has 1 aliphatic heterocycles. The van der Waals surface area contributed by atoms with Crippen molar-refractivity contribution in [3.05, 3.63) is 41.5 Å². The Bertz CT molecular complexity index is 592. The number of hydrogen-bond donors (Lipinski definition) is 0. The number of nitrogens with zero attached hydrogens (tertiary/aromatic N) is 1. The molecule has 0 radical (unpaired) electrons. The second-order valence-corrected chi connectivity index (χ2v) is 6.97. The Morgan fingerprint density at radius 1 is 1.20 bits per heavy atom. The van der Waals surface area contributed by atoms with Gasteiger partial charge in [0.15, 0.2) is 5.78 Å². The number of alkyl halides is 1. The Morgan fingerprint density at radius 2 is 1.96 bits per heavy atom. The van der Waals surface area contributed by atoms with E-state index in [9.17, 15) is 4.79 Å². The predicted molar refractivity (Wildman–Crippen MR) is 105 cm³/mol. The fraction of sp³-hybridized carbons (Fsp3) is 0.524. The number of allylic oxidation sites excluding steroid dienone is 1. The van der Waals surface area contributed by atoms with Crippen molar-refractivity contribution in [1.82, 2.24) is 0 Å². The Labute approximate surface area is 156 Å². The van der Waals surface area contributed by atoms with E-state index in [0.29, 0.717) is 13.0 Å². The van der Waals surface area contributed by atoms with Gasteiger partial charge in [0.05, 0.1) is 11.1 Å². The third kappa shape index (κ3) is 7.54. The van der Waals surface area contributed by atoms with Crippen LogP contribution in [0, 0.1) is 0 Å². The third-order valence-electron chi connectivity index (χ3n) is 4.30. The van der Waals surface area contributed by atoms with Crippen molar-refractivity contribution in [2.45, 2.75) is 57.2 Å². The first-order chi connectivity index (χ1) is 12.2. The summed E-state index contributed by atoms with van der Waals surface area (Å²) in [6, 6.07) is 8.65. The molecule has 0 amide bonds. The van der Waals surface area contributed by atoms with Gasteiger partial charge >= 0.3 is 0 Å². The van der Waals surface area contributed by atoms with Crippen LogP contribution in [0.25, 0.3) is 5.70 Å². The minimum absolute atomic E-state index is 0.0255. The fourth-order valence-electron chi connectivity index (χ4n) is 2.83. The highest BCUT2D eigenvalue weighted by atomic mass is 35.5. The van der Waals surface area contributed by atoms with Gasteiger partial charge in [-0.2, -0.15) is 0 Å². The van der Waals surface area contributed by atoms with Gasteiger partial charge in [0.25, 0.3) is 0 Å². The summed E-state index contributed by atoms with van der Waals surface area (Å²) >= 11 is 6.01. The summed E-state index contributed by atoms with van der Waals surface area (Å²) < 4.78 is 5.12. The smallest absolute Gasteiger partial charge is 0.158 e. The SMILES string of the molecule is CCOCC(=O)CCCCCCc1ccc(C2=CCC(Cl)C=N2)cc1. The molecule has 0 bridgehead atoms. The predicted octanol–water partition coefficient (Wildman–Crippen LogP) is 5.21. The van der Waals surface area contributed by atoms with Gasteiger partial charge in [-0.1, -0.05) is 43.2 Å². The molecule has 1 heterocycles. The molecule has 0 saturated carbocycles. The van der Waals surface area contributed by atoms with Gasteiger partial charge in [-0.3, -0.25) is 9.79 Å². The average molecular weight is 362 g/mol. The molecule has 1 unspecified atom stereocenters. The maximum Gasteiger partial charge on any atom is 0.158 e. The van der Waals surface area contributed by atoms with E-state index in [4.69, 9.17) is 16.3 Å². The summed E-state index contributed by atoms with van der Waals surface area (Å²) in [6.45, 7) is 2.80. The van der Waals surface area contributed by atoms with Crippen LogP contribution < -0.4 is 0 Å². The number of halogens is 1. The lowest BCUT2D eigenvalue weighted by Gasteiger charge is -2.10. The summed E-state index contributed by atoms with van der Waals surface area (Å²) in [7, 11) is 0. The van der Waals surface area contributed by atoms with Crippen molar-refractivity contribution >= 4 is 29.3 Å². The molecular weight excluding hydrogens is 334 g/mol. The number of rotatable bonds is 11. The van der Waals surface area contributed by atoms with Gasteiger partial charge in [0, 0.05) is 19.2 Å². The van der Waals surface area contributed by atoms with Crippen LogP contribution in [0.1, 0.15) is 56.6 Å². The normalized spacial score (nSPS) is 16.7. The van der Waals surface area contributed by atoms with E-state index in [2.05, 4.69) is 35.3 Å². The van der Waals surface area contributed by atoms with Crippen molar-refractivity contribution in [1.29, 1.82) is 0 Å². The van der Waals surface area contributed by atoms with Gasteiger partial charge in [-0.05, 0) is 43.7 Å². The number of ether oxygens (including phenoxy) is 1. The monoisotopic (exact) mass is 361 g/mol. The molecule has 136 valence electrons. The van der Waals surface area contributed by atoms with Gasteiger partial charge in [-0.15, -0.1) is 11.6 Å². The van der Waals surface area contributed by atoms with E-state index in [0.717, 1.165) is 49.8 Å². The second kappa shape index (κ2) is 11.2. The number of aliphatic imine (C=N–C) groups is 1. The van der Waals surface area contributed by atoms with E-state index in [1.54, 1.807) is 0 Å². The first-order valence-electron chi connectivity index (χ1n) is 9.26. The quantitative estimate of drug-likeness (QED) is 0.401. The average Bonchev–Trinajstić information content (AvgIpc) is 2.64. The number of aryl methyl sites for hydroxylation is 1. The lowest BCUT2D eigenvalue weighted by Crippen LogP contribution is -2.07. The molecule has 1 aliphatic rings. The van der Waals surface area contributed by atoms with Crippen LogP contribution in [0.15, 0.2) is 35.3 Å². The molecule has 2 rings (SSSR count). The molecule has 1 atom stereocenters. The van der Waals surface area contributed by atoms with Crippen LogP contribution in [-0.4, -0.2) is 30.6 Å². The molecule has 1 aromatic carbocycles. The van der Waals surface area contributed by atoms with Crippen LogP contribution in [0.5, 0.6) is 0 Å². The standard InChI is InChI=1S/C21H28ClNO2/c1-2-25-16-20(24)8-6-4-3-5-7-17-9-11-18(12-10-17)21-14-13-19(22)15-23-21/h9-12,14-15,19H,2-8,13,16H2,1H3. The first-order valence-corrected chi connectivity index (χ1v) is 9.70. The van der Waals surface area contributed by atoms with E-state index in [1.807, 2.05) is 13.1 Å². The summed E-state index contributed by atoms with van der Waals surface area (Å²) in [6.07, 6.45) is 10.9. The molecule has 0 N–H and O–H groups in total. The van der Waals surface area contributed by atoms with Gasteiger partial charge in [0.1, 0.15) is 6.61 Å². The lowest BCUT2D eigenvalue weighted by molar-refractivity contribution is -0.123. The van der Waals surface area contributed by atoms with Crippen molar-refractivity contribution < 1.29 is 9.53 Å². The van der Waals surface area contributed by atoms with Crippen LogP contribution in [0.3, 0.4) is 0 Å². The number of carbonyl (C=O) groups excluding carboxylic acids is 1. The van der Waals surface area contributed by atoms with Crippen molar-refractivity contribution in [2.75, 3.05) is 13.2 Å². The summed E-state index contributed by atoms with van der Waals surface area (Å²) in [5.74, 6) is 0.220. The summed E-state index contributed by atoms with van der Waals surface area (Å²) in [5.41, 5.74) is 3.52. The number of benzene rings is 1. The number of hydrogen-bond acceptors (Lipinski definition) is 3. The van der Waals surface area contributed by atoms with Crippen molar-refractivity contribution in [3.63, 3.8) is 0 Å². The Balaban J connectivity index is 1.62. The van der Waals surface area contributed by atoms with Crippen LogP contribution in [0.2, 0.25) is 0 Å². The lowest BCUT2D eigenvalue weighted by atomic mass is 10.0. The van der Waals surface area contributed by atoms with Crippen LogP contribution in [-0.2, 0) is 16.0 Å². The van der Waals surface area contributed by atoms with E-state index in [1.165, 1.54) is 5.56 Å². The molecule has 25 heavy (non-hydrogen) atoms. The largest absolute Gasteiger partial charge is 0.374 e. The Hall–Kier alpha value is -1.45. The zero-order valence-corrected chi connectivity index (χ0v) is 15.8. The molecule has 0 saturated heterocycles. The van der Waals surface area contributed by atoms with E-state index >= 15 is 0 Å². The Morgan fingerprint density at radius 3 is 2.64 bits per heavy atom. The maximum atomic E-state index is 11.5. The van der Waals surface area contributed by atoms with Crippen LogP contribution in [0.4, 0.5) is 0 Å². The van der Waals surface area contributed by atoms with Crippen molar-refractivity contribution in [3.8, 4) is 0 Å². The second-order valence-electron chi connectivity index (χ2n) is 6.41. The molecule has 4 heteroatoms. The summed E-state index contributed by atoms with van der Waals surface area (Å²) in [4.78, 5) is 15.9. The molecule has 1 aromatic rings. The zero-order valence-electron chi connectivity index (χ0n) is 15.0. The minimum atomic E-state index is 0.0255. The minimum Gasteiger partial charge on any atom is -0.374 e. The van der Waals surface area contributed by atoms with E-state index < -0.39 is 0 Å². The van der Waals surface area contributed by atoms with Crippen LogP contribution >= 0.6 is 11.6 Å². The van der Waals surface area contributed by atoms with Gasteiger partial charge in [0.2, 0.25) is 0 Å². The molecule has 0 spiro atoms. The summed E-state index contributed by atoms with van der Waals surface area (Å²) in [5, 5.41) is 0.0255. The number of ketones is 1. The van der Waals surface area contributed by atoms with Gasteiger partial charge < -0.3 is 4.74 Å². The topological polar surface area (TPSA) is 38.7 Å². The van der Waals surface area contributed by atoms with Crippen molar-refractivity contribution in [2.24, 2.45) is 4.99 Å². The highest BCUT2D eigenvalue weighted by Crippen LogP contribution is 2.22. The van der Waals surface area contributed by atoms with E-state index in [-0.39, 0.29) is 17.8 Å². The number of carbonyl (C=O) groups is 1. The molecular formula is C21H28ClNO2. The third-order valence-corrected chi connectivity index (χ3v) is 4.59. The fourth-order valence-corrected chi connectivity index (χ4v) is 2.97. The first kappa shape index (κ1) is 19.9. The maximum absolute atomic E-state index is 11.5. The zero-order chi connectivity index (χ0) is 17.9. The Kier molecular flexibility index (Phi) is 8.92. The molecule has 3 nitrogen and oxygen atoms in total. The number of Topliss-reactive ketones (excluding diaryl/α,β-unsaturated/α-hetero) is 1. The molecule has 0 aromatic heterocycles.